The number of hydrogen-bond donors (Lipinski definition) is 0. The molecule has 0 radical (unpaired) electrons. The lowest BCUT2D eigenvalue weighted by Crippen LogP contribution is -2.32. The topological polar surface area (TPSA) is 52.6 Å². The second-order valence-electron chi connectivity index (χ2n) is 4.37. The Hall–Kier alpha value is -1.06. The van der Waals surface area contributed by atoms with Crippen LogP contribution in [-0.2, 0) is 19.1 Å². The minimum Gasteiger partial charge on any atom is -0.466 e. The molecule has 4 heteroatoms. The Balaban J connectivity index is 4.35. The summed E-state index contributed by atoms with van der Waals surface area (Å²) < 4.78 is 10.0. The summed E-state index contributed by atoms with van der Waals surface area (Å²) in [6.07, 6.45) is 3.20. The first kappa shape index (κ1) is 16.9. The molecule has 0 aliphatic heterocycles. The summed E-state index contributed by atoms with van der Waals surface area (Å²) in [5.74, 6) is -0.332. The Morgan fingerprint density at radius 1 is 0.944 bits per heavy atom. The van der Waals surface area contributed by atoms with Crippen LogP contribution in [0.1, 0.15) is 59.8 Å². The van der Waals surface area contributed by atoms with Gasteiger partial charge in [0.1, 0.15) is 0 Å². The minimum absolute atomic E-state index is 0.140. The summed E-state index contributed by atoms with van der Waals surface area (Å²) in [5, 5.41) is 0. The van der Waals surface area contributed by atoms with E-state index in [0.29, 0.717) is 32.5 Å². The summed E-state index contributed by atoms with van der Waals surface area (Å²) in [6, 6.07) is 0. The van der Waals surface area contributed by atoms with Crippen LogP contribution in [0.3, 0.4) is 0 Å². The lowest BCUT2D eigenvalue weighted by atomic mass is 9.78. The van der Waals surface area contributed by atoms with Crippen molar-refractivity contribution in [3.63, 3.8) is 0 Å². The highest BCUT2D eigenvalue weighted by Crippen LogP contribution is 2.34. The molecular weight excluding hydrogens is 232 g/mol. The second kappa shape index (κ2) is 8.95. The average Bonchev–Trinajstić information content (AvgIpc) is 2.35. The largest absolute Gasteiger partial charge is 0.466 e. The maximum Gasteiger partial charge on any atom is 0.312 e. The van der Waals surface area contributed by atoms with E-state index in [1.807, 2.05) is 20.8 Å². The van der Waals surface area contributed by atoms with Gasteiger partial charge in [0.2, 0.25) is 0 Å². The summed E-state index contributed by atoms with van der Waals surface area (Å²) in [4.78, 5) is 23.3. The molecule has 106 valence electrons. The fraction of sp³-hybridized carbons (Fsp3) is 0.857. The molecule has 0 atom stereocenters. The molecule has 0 unspecified atom stereocenters. The third-order valence-corrected chi connectivity index (χ3v) is 3.40. The third-order valence-electron chi connectivity index (χ3n) is 3.40. The van der Waals surface area contributed by atoms with Crippen LogP contribution in [0.5, 0.6) is 0 Å². The number of esters is 2. The number of hydrogen-bond acceptors (Lipinski definition) is 4. The van der Waals surface area contributed by atoms with Crippen molar-refractivity contribution in [1.82, 2.24) is 0 Å². The van der Waals surface area contributed by atoms with E-state index < -0.39 is 5.41 Å². The van der Waals surface area contributed by atoms with Crippen LogP contribution < -0.4 is 0 Å². The zero-order valence-electron chi connectivity index (χ0n) is 12.1. The molecule has 0 aliphatic carbocycles. The number of carbonyl (C=O) groups is 2. The smallest absolute Gasteiger partial charge is 0.312 e. The maximum absolute atomic E-state index is 12.0. The van der Waals surface area contributed by atoms with E-state index in [2.05, 4.69) is 0 Å². The first-order valence-electron chi connectivity index (χ1n) is 6.89. The lowest BCUT2D eigenvalue weighted by Gasteiger charge is -2.28. The quantitative estimate of drug-likeness (QED) is 0.596. The molecule has 0 amide bonds. The number of carbonyl (C=O) groups excluding carboxylic acids is 2. The highest BCUT2D eigenvalue weighted by Gasteiger charge is 2.35. The molecule has 18 heavy (non-hydrogen) atoms. The highest BCUT2D eigenvalue weighted by atomic mass is 16.5. The predicted molar refractivity (Wildman–Crippen MR) is 70.1 cm³/mol. The van der Waals surface area contributed by atoms with Gasteiger partial charge >= 0.3 is 11.9 Å². The van der Waals surface area contributed by atoms with Crippen molar-refractivity contribution in [3.8, 4) is 0 Å². The molecule has 0 heterocycles. The van der Waals surface area contributed by atoms with Gasteiger partial charge in [0, 0.05) is 6.42 Å². The van der Waals surface area contributed by atoms with E-state index in [1.54, 1.807) is 6.92 Å². The summed E-state index contributed by atoms with van der Waals surface area (Å²) in [7, 11) is 0. The van der Waals surface area contributed by atoms with Gasteiger partial charge in [0.25, 0.3) is 0 Å². The van der Waals surface area contributed by atoms with Crippen molar-refractivity contribution >= 4 is 11.9 Å². The van der Waals surface area contributed by atoms with Crippen LogP contribution in [0.4, 0.5) is 0 Å². The molecule has 0 aromatic rings. The molecule has 0 fully saturated rings. The van der Waals surface area contributed by atoms with Crippen molar-refractivity contribution in [2.45, 2.75) is 59.8 Å². The Kier molecular flexibility index (Phi) is 8.42. The van der Waals surface area contributed by atoms with Crippen molar-refractivity contribution in [2.75, 3.05) is 13.2 Å². The van der Waals surface area contributed by atoms with Crippen molar-refractivity contribution in [2.24, 2.45) is 5.41 Å². The van der Waals surface area contributed by atoms with Crippen molar-refractivity contribution in [3.05, 3.63) is 0 Å². The first-order chi connectivity index (χ1) is 8.56. The molecule has 0 N–H and O–H groups in total. The maximum atomic E-state index is 12.0. The molecular formula is C14H26O4. The van der Waals surface area contributed by atoms with Gasteiger partial charge in [0.15, 0.2) is 0 Å². The van der Waals surface area contributed by atoms with Gasteiger partial charge in [-0.2, -0.15) is 0 Å². The van der Waals surface area contributed by atoms with E-state index >= 15 is 0 Å². The Morgan fingerprint density at radius 3 is 1.94 bits per heavy atom. The van der Waals surface area contributed by atoms with E-state index in [9.17, 15) is 9.59 Å². The average molecular weight is 258 g/mol. The van der Waals surface area contributed by atoms with Crippen LogP contribution in [0.25, 0.3) is 0 Å². The van der Waals surface area contributed by atoms with Gasteiger partial charge < -0.3 is 9.47 Å². The molecule has 0 spiro atoms. The van der Waals surface area contributed by atoms with Gasteiger partial charge in [-0.05, 0) is 39.5 Å². The SMILES string of the molecule is CCOC(=O)CCCC(CC)(CC)C(=O)OCC. The van der Waals surface area contributed by atoms with Crippen LogP contribution in [-0.4, -0.2) is 25.2 Å². The van der Waals surface area contributed by atoms with Crippen LogP contribution in [0.2, 0.25) is 0 Å². The van der Waals surface area contributed by atoms with Crippen molar-refractivity contribution in [1.29, 1.82) is 0 Å². The molecule has 0 aromatic heterocycles. The zero-order chi connectivity index (χ0) is 14.0. The van der Waals surface area contributed by atoms with Crippen LogP contribution in [0, 0.1) is 5.41 Å². The molecule has 0 saturated carbocycles. The Bertz CT molecular complexity index is 257. The lowest BCUT2D eigenvalue weighted by molar-refractivity contribution is -0.157. The predicted octanol–water partition coefficient (Wildman–Crippen LogP) is 3.09. The normalized spacial score (nSPS) is 11.1. The zero-order valence-corrected chi connectivity index (χ0v) is 12.1. The van der Waals surface area contributed by atoms with Gasteiger partial charge in [0.05, 0.1) is 18.6 Å². The van der Waals surface area contributed by atoms with E-state index in [4.69, 9.17) is 9.47 Å². The second-order valence-corrected chi connectivity index (χ2v) is 4.37. The van der Waals surface area contributed by atoms with Crippen molar-refractivity contribution < 1.29 is 19.1 Å². The summed E-state index contributed by atoms with van der Waals surface area (Å²) >= 11 is 0. The van der Waals surface area contributed by atoms with Gasteiger partial charge in [-0.1, -0.05) is 13.8 Å². The third kappa shape index (κ3) is 5.07. The Morgan fingerprint density at radius 2 is 1.50 bits per heavy atom. The van der Waals surface area contributed by atoms with Crippen LogP contribution in [0.15, 0.2) is 0 Å². The van der Waals surface area contributed by atoms with E-state index in [1.165, 1.54) is 0 Å². The first-order valence-corrected chi connectivity index (χ1v) is 6.89. The van der Waals surface area contributed by atoms with Crippen LogP contribution >= 0.6 is 0 Å². The van der Waals surface area contributed by atoms with E-state index in [0.717, 1.165) is 12.8 Å². The Labute approximate surface area is 110 Å². The molecule has 0 bridgehead atoms. The minimum atomic E-state index is -0.442. The fourth-order valence-corrected chi connectivity index (χ4v) is 2.08. The van der Waals surface area contributed by atoms with Gasteiger partial charge in [-0.15, -0.1) is 0 Å². The van der Waals surface area contributed by atoms with Gasteiger partial charge in [-0.25, -0.2) is 0 Å². The monoisotopic (exact) mass is 258 g/mol. The molecule has 0 aliphatic rings. The summed E-state index contributed by atoms with van der Waals surface area (Å²) in [5.41, 5.74) is -0.442. The molecule has 0 aromatic carbocycles. The molecule has 0 saturated heterocycles. The fourth-order valence-electron chi connectivity index (χ4n) is 2.08. The highest BCUT2D eigenvalue weighted by molar-refractivity contribution is 5.77. The number of ether oxygens (including phenoxy) is 2. The summed E-state index contributed by atoms with van der Waals surface area (Å²) in [6.45, 7) is 8.39. The molecule has 4 nitrogen and oxygen atoms in total. The molecule has 0 rings (SSSR count). The number of rotatable bonds is 9. The standard InChI is InChI=1S/C14H26O4/c1-5-14(6-2,13(16)18-8-4)11-9-10-12(15)17-7-3/h5-11H2,1-4H3. The van der Waals surface area contributed by atoms with Gasteiger partial charge in [-0.3, -0.25) is 9.59 Å². The van der Waals surface area contributed by atoms with E-state index in [-0.39, 0.29) is 11.9 Å².